The first-order valence-electron chi connectivity index (χ1n) is 9.48. The number of hydrogen-bond acceptors (Lipinski definition) is 5. The number of aromatic nitrogens is 2. The molecule has 0 fully saturated rings. The number of nitro groups is 1. The number of carbonyl (C=O) groups is 1. The molecule has 7 nitrogen and oxygen atoms in total. The Balaban J connectivity index is 1.60. The van der Waals surface area contributed by atoms with E-state index in [0.29, 0.717) is 27.0 Å². The highest BCUT2D eigenvalue weighted by molar-refractivity contribution is 7.19. The molecule has 2 aromatic heterocycles. The molecule has 0 aliphatic heterocycles. The summed E-state index contributed by atoms with van der Waals surface area (Å²) < 4.78 is 1.84. The highest BCUT2D eigenvalue weighted by atomic mass is 32.1. The molecule has 0 saturated carbocycles. The molecule has 0 aliphatic carbocycles. The number of thiazole rings is 1. The van der Waals surface area contributed by atoms with Crippen molar-refractivity contribution in [1.82, 2.24) is 9.38 Å². The van der Waals surface area contributed by atoms with Crippen molar-refractivity contribution in [1.29, 1.82) is 0 Å². The second-order valence-electron chi connectivity index (χ2n) is 7.33. The van der Waals surface area contributed by atoms with E-state index >= 15 is 0 Å². The van der Waals surface area contributed by atoms with Crippen molar-refractivity contribution in [2.24, 2.45) is 0 Å². The van der Waals surface area contributed by atoms with Crippen molar-refractivity contribution in [2.45, 2.75) is 26.7 Å². The van der Waals surface area contributed by atoms with Crippen molar-refractivity contribution in [3.63, 3.8) is 0 Å². The zero-order chi connectivity index (χ0) is 21.4. The zero-order valence-electron chi connectivity index (χ0n) is 16.7. The molecule has 0 aliphatic rings. The smallest absolute Gasteiger partial charge is 0.270 e. The molecule has 4 aromatic rings. The third-order valence-electron chi connectivity index (χ3n) is 4.95. The van der Waals surface area contributed by atoms with Crippen LogP contribution in [-0.4, -0.2) is 20.2 Å². The van der Waals surface area contributed by atoms with Gasteiger partial charge in [0.25, 0.3) is 11.6 Å². The molecule has 0 spiro atoms. The van der Waals surface area contributed by atoms with Gasteiger partial charge in [0.1, 0.15) is 4.88 Å². The molecule has 152 valence electrons. The van der Waals surface area contributed by atoms with E-state index in [1.807, 2.05) is 35.6 Å². The average Bonchev–Trinajstić information content (AvgIpc) is 3.28. The van der Waals surface area contributed by atoms with Crippen molar-refractivity contribution < 1.29 is 9.72 Å². The maximum Gasteiger partial charge on any atom is 0.270 e. The molecule has 8 heteroatoms. The molecule has 30 heavy (non-hydrogen) atoms. The van der Waals surface area contributed by atoms with Crippen LogP contribution in [0.25, 0.3) is 16.2 Å². The minimum Gasteiger partial charge on any atom is -0.321 e. The molecule has 4 rings (SSSR count). The maximum absolute atomic E-state index is 12.8. The maximum atomic E-state index is 12.8. The Morgan fingerprint density at radius 3 is 2.57 bits per heavy atom. The summed E-state index contributed by atoms with van der Waals surface area (Å²) in [7, 11) is 0. The number of nitrogens with one attached hydrogen (secondary N) is 1. The number of amides is 1. The molecular weight excluding hydrogens is 400 g/mol. The van der Waals surface area contributed by atoms with Crippen LogP contribution in [0.1, 0.15) is 40.7 Å². The molecule has 0 saturated heterocycles. The van der Waals surface area contributed by atoms with Crippen LogP contribution in [0, 0.1) is 17.0 Å². The fourth-order valence-electron chi connectivity index (χ4n) is 3.22. The van der Waals surface area contributed by atoms with Gasteiger partial charge in [-0.25, -0.2) is 4.98 Å². The minimum atomic E-state index is -0.427. The lowest BCUT2D eigenvalue weighted by Gasteiger charge is -2.08. The van der Waals surface area contributed by atoms with Gasteiger partial charge in [-0.15, -0.1) is 0 Å². The summed E-state index contributed by atoms with van der Waals surface area (Å²) in [5.41, 5.74) is 4.04. The fourth-order valence-corrected chi connectivity index (χ4v) is 4.22. The number of carbonyl (C=O) groups excluding carboxylic acids is 1. The van der Waals surface area contributed by atoms with Crippen LogP contribution in [-0.2, 0) is 0 Å². The third kappa shape index (κ3) is 3.69. The van der Waals surface area contributed by atoms with E-state index in [9.17, 15) is 14.9 Å². The van der Waals surface area contributed by atoms with Gasteiger partial charge >= 0.3 is 0 Å². The number of anilines is 1. The van der Waals surface area contributed by atoms with E-state index in [2.05, 4.69) is 24.1 Å². The quantitative estimate of drug-likeness (QED) is 0.333. The number of nitro benzene ring substituents is 1. The second kappa shape index (κ2) is 7.72. The summed E-state index contributed by atoms with van der Waals surface area (Å²) in [5, 5.41) is 14.0. The first-order chi connectivity index (χ1) is 14.3. The first kappa shape index (κ1) is 19.8. The number of aryl methyl sites for hydroxylation is 1. The van der Waals surface area contributed by atoms with Gasteiger partial charge in [0, 0.05) is 35.3 Å². The van der Waals surface area contributed by atoms with Gasteiger partial charge in [-0.05, 0) is 30.5 Å². The van der Waals surface area contributed by atoms with Crippen molar-refractivity contribution >= 4 is 33.6 Å². The fraction of sp³-hybridized carbons (Fsp3) is 0.182. The Labute approximate surface area is 177 Å². The summed E-state index contributed by atoms with van der Waals surface area (Å²) in [6.45, 7) is 6.11. The van der Waals surface area contributed by atoms with Crippen LogP contribution in [0.4, 0.5) is 11.4 Å². The number of hydrogen-bond donors (Lipinski definition) is 1. The molecule has 0 bridgehead atoms. The van der Waals surface area contributed by atoms with Crippen LogP contribution < -0.4 is 5.32 Å². The number of rotatable bonds is 5. The highest BCUT2D eigenvalue weighted by Crippen LogP contribution is 2.29. The molecule has 1 N–H and O–H groups in total. The van der Waals surface area contributed by atoms with Crippen LogP contribution in [0.3, 0.4) is 0 Å². The van der Waals surface area contributed by atoms with E-state index in [1.54, 1.807) is 18.3 Å². The Bertz CT molecular complexity index is 1260. The largest absolute Gasteiger partial charge is 0.321 e. The van der Waals surface area contributed by atoms with E-state index in [-0.39, 0.29) is 11.6 Å². The standard InChI is InChI=1S/C22H20N4O3S/c1-13(2)15-7-9-17(10-8-15)23-21(27)20-14(3)25-12-19(24-22(25)30-20)16-5-4-6-18(11-16)26(28)29/h4-13H,1-3H3,(H,23,27). The van der Waals surface area contributed by atoms with Crippen LogP contribution in [0.2, 0.25) is 0 Å². The Kier molecular flexibility index (Phi) is 5.09. The van der Waals surface area contributed by atoms with Gasteiger partial charge in [-0.2, -0.15) is 0 Å². The molecule has 0 atom stereocenters. The zero-order valence-corrected chi connectivity index (χ0v) is 17.6. The van der Waals surface area contributed by atoms with Crippen molar-refractivity contribution in [2.75, 3.05) is 5.32 Å². The molecule has 2 heterocycles. The average molecular weight is 420 g/mol. The molecule has 0 radical (unpaired) electrons. The number of fused-ring (bicyclic) bond motifs is 1. The van der Waals surface area contributed by atoms with Gasteiger partial charge in [0.15, 0.2) is 4.96 Å². The van der Waals surface area contributed by atoms with E-state index in [4.69, 9.17) is 0 Å². The Morgan fingerprint density at radius 2 is 1.93 bits per heavy atom. The van der Waals surface area contributed by atoms with Gasteiger partial charge in [-0.3, -0.25) is 19.3 Å². The second-order valence-corrected chi connectivity index (χ2v) is 8.31. The summed E-state index contributed by atoms with van der Waals surface area (Å²) >= 11 is 1.29. The highest BCUT2D eigenvalue weighted by Gasteiger charge is 2.19. The SMILES string of the molecule is Cc1c(C(=O)Nc2ccc(C(C)C)cc2)sc2nc(-c3cccc([N+](=O)[O-])c3)cn12. The lowest BCUT2D eigenvalue weighted by Crippen LogP contribution is -2.11. The van der Waals surface area contributed by atoms with Crippen LogP contribution >= 0.6 is 11.3 Å². The summed E-state index contributed by atoms with van der Waals surface area (Å²) in [4.78, 5) is 29.2. The third-order valence-corrected chi connectivity index (χ3v) is 6.11. The summed E-state index contributed by atoms with van der Waals surface area (Å²) in [6, 6.07) is 14.2. The first-order valence-corrected chi connectivity index (χ1v) is 10.3. The van der Waals surface area contributed by atoms with Gasteiger partial charge < -0.3 is 5.32 Å². The predicted octanol–water partition coefficient (Wildman–Crippen LogP) is 5.66. The number of benzene rings is 2. The monoisotopic (exact) mass is 420 g/mol. The Hall–Kier alpha value is -3.52. The normalized spacial score (nSPS) is 11.2. The van der Waals surface area contributed by atoms with Gasteiger partial charge in [0.2, 0.25) is 0 Å². The van der Waals surface area contributed by atoms with Gasteiger partial charge in [-0.1, -0.05) is 49.4 Å². The Morgan fingerprint density at radius 1 is 1.20 bits per heavy atom. The van der Waals surface area contributed by atoms with Crippen LogP contribution in [0.5, 0.6) is 0 Å². The van der Waals surface area contributed by atoms with E-state index in [1.165, 1.54) is 29.0 Å². The lowest BCUT2D eigenvalue weighted by atomic mass is 10.0. The lowest BCUT2D eigenvalue weighted by molar-refractivity contribution is -0.384. The summed E-state index contributed by atoms with van der Waals surface area (Å²) in [6.07, 6.45) is 1.80. The summed E-state index contributed by atoms with van der Waals surface area (Å²) in [5.74, 6) is 0.250. The number of nitrogens with zero attached hydrogens (tertiary/aromatic N) is 3. The van der Waals surface area contributed by atoms with Gasteiger partial charge in [0.05, 0.1) is 10.6 Å². The number of non-ortho nitro benzene ring substituents is 1. The van der Waals surface area contributed by atoms with Crippen molar-refractivity contribution in [3.05, 3.63) is 81.0 Å². The molecule has 1 amide bonds. The van der Waals surface area contributed by atoms with Crippen molar-refractivity contribution in [3.8, 4) is 11.3 Å². The van der Waals surface area contributed by atoms with E-state index in [0.717, 1.165) is 11.4 Å². The minimum absolute atomic E-state index is 0.0177. The number of imidazole rings is 1. The molecule has 0 unspecified atom stereocenters. The topological polar surface area (TPSA) is 89.5 Å². The molecular formula is C22H20N4O3S. The van der Waals surface area contributed by atoms with E-state index < -0.39 is 4.92 Å². The molecule has 2 aromatic carbocycles. The van der Waals surface area contributed by atoms with Crippen LogP contribution in [0.15, 0.2) is 54.7 Å². The predicted molar refractivity (Wildman–Crippen MR) is 118 cm³/mol.